The fourth-order valence-corrected chi connectivity index (χ4v) is 7.11. The molecule has 0 spiro atoms. The highest BCUT2D eigenvalue weighted by Gasteiger charge is 2.35. The Hall–Kier alpha value is -3.31. The molecule has 0 N–H and O–H groups in total. The number of amides is 1. The Morgan fingerprint density at radius 2 is 1.77 bits per heavy atom. The van der Waals surface area contributed by atoms with Gasteiger partial charge in [0, 0.05) is 29.6 Å². The number of methoxy groups -OCH3 is 1. The van der Waals surface area contributed by atoms with Gasteiger partial charge in [0.25, 0.3) is 0 Å². The van der Waals surface area contributed by atoms with E-state index in [2.05, 4.69) is 58.1 Å². The van der Waals surface area contributed by atoms with Gasteiger partial charge in [0.05, 0.1) is 18.8 Å². The van der Waals surface area contributed by atoms with Crippen molar-refractivity contribution in [2.24, 2.45) is 0 Å². The first-order chi connectivity index (χ1) is 17.2. The highest BCUT2D eigenvalue weighted by Crippen LogP contribution is 2.44. The molecule has 0 bridgehead atoms. The fourth-order valence-electron chi connectivity index (χ4n) is 5.71. The molecule has 4 aromatic rings. The molecule has 0 unspecified atom stereocenters. The smallest absolute Gasteiger partial charge is 0.224 e. The van der Waals surface area contributed by atoms with E-state index in [9.17, 15) is 4.79 Å². The summed E-state index contributed by atoms with van der Waals surface area (Å²) in [6.07, 6.45) is 8.07. The van der Waals surface area contributed by atoms with Crippen LogP contribution in [0, 0.1) is 0 Å². The largest absolute Gasteiger partial charge is 0.496 e. The van der Waals surface area contributed by atoms with Gasteiger partial charge in [-0.1, -0.05) is 48.5 Å². The predicted molar refractivity (Wildman–Crippen MR) is 140 cm³/mol. The van der Waals surface area contributed by atoms with E-state index in [1.165, 1.54) is 39.5 Å². The summed E-state index contributed by atoms with van der Waals surface area (Å²) < 4.78 is 7.89. The monoisotopic (exact) mass is 482 g/mol. The Labute approximate surface area is 210 Å². The van der Waals surface area contributed by atoms with Crippen molar-refractivity contribution in [1.29, 1.82) is 0 Å². The summed E-state index contributed by atoms with van der Waals surface area (Å²) >= 11 is 1.93. The number of hydrogen-bond donors (Lipinski definition) is 0. The van der Waals surface area contributed by atoms with Crippen LogP contribution in [0.4, 0.5) is 0 Å². The van der Waals surface area contributed by atoms with Gasteiger partial charge in [0.2, 0.25) is 5.91 Å². The number of rotatable bonds is 5. The van der Waals surface area contributed by atoms with Crippen LogP contribution in [0.2, 0.25) is 0 Å². The SMILES string of the molecule is COc1ccccc1CCC(=O)N1Cc2c(sc3c2CCCC3)-n2cccc2[C@H]1c1ccccc1. The topological polar surface area (TPSA) is 34.5 Å². The van der Waals surface area contributed by atoms with E-state index in [1.54, 1.807) is 7.11 Å². The Bertz CT molecular complexity index is 1350. The number of benzene rings is 2. The molecule has 1 amide bonds. The van der Waals surface area contributed by atoms with Gasteiger partial charge in [-0.3, -0.25) is 4.79 Å². The maximum Gasteiger partial charge on any atom is 0.224 e. The zero-order chi connectivity index (χ0) is 23.8. The second-order valence-electron chi connectivity index (χ2n) is 9.44. The third-order valence-electron chi connectivity index (χ3n) is 7.42. The number of carbonyl (C=O) groups is 1. The van der Waals surface area contributed by atoms with E-state index in [0.717, 1.165) is 29.7 Å². The summed E-state index contributed by atoms with van der Waals surface area (Å²) in [5, 5.41) is 1.30. The molecule has 5 heteroatoms. The molecule has 35 heavy (non-hydrogen) atoms. The minimum atomic E-state index is -0.116. The maximum atomic E-state index is 14.0. The van der Waals surface area contributed by atoms with Gasteiger partial charge in [0.1, 0.15) is 10.8 Å². The molecule has 1 aliphatic heterocycles. The zero-order valence-corrected chi connectivity index (χ0v) is 20.9. The van der Waals surface area contributed by atoms with Crippen LogP contribution in [-0.2, 0) is 30.6 Å². The maximum absolute atomic E-state index is 14.0. The Morgan fingerprint density at radius 1 is 0.971 bits per heavy atom. The highest BCUT2D eigenvalue weighted by molar-refractivity contribution is 7.15. The summed E-state index contributed by atoms with van der Waals surface area (Å²) in [6, 6.07) is 22.7. The van der Waals surface area contributed by atoms with Gasteiger partial charge >= 0.3 is 0 Å². The Morgan fingerprint density at radius 3 is 2.63 bits per heavy atom. The van der Waals surface area contributed by atoms with Crippen LogP contribution < -0.4 is 4.74 Å². The quantitative estimate of drug-likeness (QED) is 0.326. The van der Waals surface area contributed by atoms with Crippen molar-refractivity contribution in [2.45, 2.75) is 51.1 Å². The third-order valence-corrected chi connectivity index (χ3v) is 8.75. The minimum absolute atomic E-state index is 0.116. The molecule has 1 aliphatic carbocycles. The van der Waals surface area contributed by atoms with Crippen LogP contribution in [-0.4, -0.2) is 22.5 Å². The summed E-state index contributed by atoms with van der Waals surface area (Å²) in [7, 11) is 1.69. The molecule has 0 fully saturated rings. The van der Waals surface area contributed by atoms with Crippen LogP contribution in [0.15, 0.2) is 72.9 Å². The van der Waals surface area contributed by atoms with Crippen molar-refractivity contribution in [3.8, 4) is 10.8 Å². The van der Waals surface area contributed by atoms with Crippen LogP contribution in [0.3, 0.4) is 0 Å². The van der Waals surface area contributed by atoms with E-state index in [4.69, 9.17) is 4.74 Å². The van der Waals surface area contributed by atoms with E-state index < -0.39 is 0 Å². The Kier molecular flexibility index (Phi) is 5.95. The van der Waals surface area contributed by atoms with Crippen molar-refractivity contribution in [2.75, 3.05) is 7.11 Å². The van der Waals surface area contributed by atoms with Crippen molar-refractivity contribution in [1.82, 2.24) is 9.47 Å². The molecule has 2 aromatic carbocycles. The molecule has 2 aliphatic rings. The molecule has 0 radical (unpaired) electrons. The minimum Gasteiger partial charge on any atom is -0.496 e. The highest BCUT2D eigenvalue weighted by atomic mass is 32.1. The second kappa shape index (κ2) is 9.38. The van der Waals surface area contributed by atoms with Gasteiger partial charge in [-0.25, -0.2) is 0 Å². The lowest BCUT2D eigenvalue weighted by molar-refractivity contribution is -0.133. The van der Waals surface area contributed by atoms with Crippen molar-refractivity contribution < 1.29 is 9.53 Å². The number of aromatic nitrogens is 1. The summed E-state index contributed by atoms with van der Waals surface area (Å²) in [6.45, 7) is 0.660. The van der Waals surface area contributed by atoms with Crippen LogP contribution >= 0.6 is 11.3 Å². The average molecular weight is 483 g/mol. The third kappa shape index (κ3) is 3.98. The number of thiophene rings is 1. The lowest BCUT2D eigenvalue weighted by Gasteiger charge is -2.31. The zero-order valence-electron chi connectivity index (χ0n) is 20.1. The van der Waals surface area contributed by atoms with Crippen molar-refractivity contribution in [3.63, 3.8) is 0 Å². The van der Waals surface area contributed by atoms with Crippen molar-refractivity contribution in [3.05, 3.63) is 106 Å². The summed E-state index contributed by atoms with van der Waals surface area (Å²) in [5.41, 5.74) is 6.24. The Balaban J connectivity index is 1.42. The molecule has 0 saturated heterocycles. The van der Waals surface area contributed by atoms with E-state index >= 15 is 0 Å². The number of fused-ring (bicyclic) bond motifs is 5. The first-order valence-corrected chi connectivity index (χ1v) is 13.3. The molecule has 178 valence electrons. The fraction of sp³-hybridized carbons (Fsp3) is 0.300. The van der Waals surface area contributed by atoms with Crippen LogP contribution in [0.25, 0.3) is 5.00 Å². The predicted octanol–water partition coefficient (Wildman–Crippen LogP) is 6.49. The van der Waals surface area contributed by atoms with Gasteiger partial charge in [0.15, 0.2) is 0 Å². The molecular weight excluding hydrogens is 452 g/mol. The van der Waals surface area contributed by atoms with E-state index in [1.807, 2.05) is 35.6 Å². The molecule has 4 nitrogen and oxygen atoms in total. The first kappa shape index (κ1) is 22.2. The molecule has 1 atom stereocenters. The van der Waals surface area contributed by atoms with Gasteiger partial charge in [-0.05, 0) is 67.0 Å². The normalized spacial score (nSPS) is 16.7. The second-order valence-corrected chi connectivity index (χ2v) is 10.5. The molecular formula is C30H30N2O2S. The average Bonchev–Trinajstić information content (AvgIpc) is 3.49. The molecule has 3 heterocycles. The number of nitrogens with zero attached hydrogens (tertiary/aromatic N) is 2. The molecule has 2 aromatic heterocycles. The molecule has 6 rings (SSSR count). The lowest BCUT2D eigenvalue weighted by atomic mass is 9.94. The van der Waals surface area contributed by atoms with E-state index in [-0.39, 0.29) is 11.9 Å². The summed E-state index contributed by atoms with van der Waals surface area (Å²) in [5.74, 6) is 1.03. The number of hydrogen-bond acceptors (Lipinski definition) is 3. The van der Waals surface area contributed by atoms with Crippen LogP contribution in [0.5, 0.6) is 5.75 Å². The van der Waals surface area contributed by atoms with E-state index in [0.29, 0.717) is 19.4 Å². The van der Waals surface area contributed by atoms with Crippen LogP contribution in [0.1, 0.15) is 58.1 Å². The number of aryl methyl sites for hydroxylation is 2. The van der Waals surface area contributed by atoms with Gasteiger partial charge < -0.3 is 14.2 Å². The first-order valence-electron chi connectivity index (χ1n) is 12.5. The van der Waals surface area contributed by atoms with Crippen molar-refractivity contribution >= 4 is 17.2 Å². The summed E-state index contributed by atoms with van der Waals surface area (Å²) in [4.78, 5) is 17.7. The number of para-hydroxylation sites is 1. The lowest BCUT2D eigenvalue weighted by Crippen LogP contribution is -2.35. The van der Waals surface area contributed by atoms with Gasteiger partial charge in [-0.15, -0.1) is 11.3 Å². The van der Waals surface area contributed by atoms with Gasteiger partial charge in [-0.2, -0.15) is 0 Å². The standard InChI is InChI=1S/C30H30N2O2S/c1-34-26-15-7-5-10-21(26)17-18-28(33)32-20-24-23-13-6-8-16-27(23)35-30(24)31-19-9-14-25(31)29(32)22-11-3-2-4-12-22/h2-5,7,9-12,14-15,19,29H,6,8,13,16-18,20H2,1H3/t29-/m1/s1. The number of ether oxygens (including phenoxy) is 1. The number of carbonyl (C=O) groups excluding carboxylic acids is 1. The molecule has 0 saturated carbocycles.